The highest BCUT2D eigenvalue weighted by molar-refractivity contribution is 6.33. The molecular formula is C13H14Cl2N2O. The predicted octanol–water partition coefficient (Wildman–Crippen LogP) is 4.14. The van der Waals surface area contributed by atoms with E-state index in [-0.39, 0.29) is 6.04 Å². The summed E-state index contributed by atoms with van der Waals surface area (Å²) >= 11 is 12.1. The van der Waals surface area contributed by atoms with Crippen molar-refractivity contribution in [3.63, 3.8) is 0 Å². The third-order valence-electron chi connectivity index (χ3n) is 2.68. The summed E-state index contributed by atoms with van der Waals surface area (Å²) in [6, 6.07) is 7.43. The van der Waals surface area contributed by atoms with Gasteiger partial charge in [-0.2, -0.15) is 0 Å². The third kappa shape index (κ3) is 3.25. The van der Waals surface area contributed by atoms with Gasteiger partial charge in [0, 0.05) is 22.2 Å². The molecule has 2 rings (SSSR count). The molecular weight excluding hydrogens is 271 g/mol. The summed E-state index contributed by atoms with van der Waals surface area (Å²) < 4.78 is 5.13. The van der Waals surface area contributed by atoms with Gasteiger partial charge in [-0.25, -0.2) is 0 Å². The lowest BCUT2D eigenvalue weighted by atomic mass is 10.1. The largest absolute Gasteiger partial charge is 0.360 e. The number of halogens is 2. The van der Waals surface area contributed by atoms with E-state index >= 15 is 0 Å². The van der Waals surface area contributed by atoms with Crippen molar-refractivity contribution in [2.45, 2.75) is 26.4 Å². The van der Waals surface area contributed by atoms with Crippen molar-refractivity contribution in [1.82, 2.24) is 10.5 Å². The monoisotopic (exact) mass is 284 g/mol. The Morgan fingerprint density at radius 2 is 2.11 bits per heavy atom. The van der Waals surface area contributed by atoms with Crippen molar-refractivity contribution in [3.05, 3.63) is 51.3 Å². The van der Waals surface area contributed by atoms with E-state index in [2.05, 4.69) is 10.5 Å². The molecule has 2 aromatic rings. The molecule has 1 N–H and O–H groups in total. The van der Waals surface area contributed by atoms with Crippen molar-refractivity contribution in [2.24, 2.45) is 0 Å². The van der Waals surface area contributed by atoms with Crippen molar-refractivity contribution in [2.75, 3.05) is 0 Å². The molecule has 1 aromatic heterocycles. The first-order valence-electron chi connectivity index (χ1n) is 5.67. The highest BCUT2D eigenvalue weighted by atomic mass is 35.5. The Morgan fingerprint density at radius 1 is 1.33 bits per heavy atom. The molecule has 0 radical (unpaired) electrons. The van der Waals surface area contributed by atoms with Crippen LogP contribution >= 0.6 is 23.2 Å². The zero-order chi connectivity index (χ0) is 13.1. The first kappa shape index (κ1) is 13.4. The van der Waals surface area contributed by atoms with Crippen LogP contribution < -0.4 is 5.32 Å². The molecule has 0 amide bonds. The second kappa shape index (κ2) is 5.74. The lowest BCUT2D eigenvalue weighted by Crippen LogP contribution is -2.18. The zero-order valence-corrected chi connectivity index (χ0v) is 11.7. The van der Waals surface area contributed by atoms with E-state index in [0.717, 1.165) is 17.0 Å². The highest BCUT2D eigenvalue weighted by Gasteiger charge is 2.11. The number of rotatable bonds is 4. The molecule has 96 valence electrons. The summed E-state index contributed by atoms with van der Waals surface area (Å²) in [5.74, 6) is 0.803. The van der Waals surface area contributed by atoms with Crippen LogP contribution in [0.5, 0.6) is 0 Å². The summed E-state index contributed by atoms with van der Waals surface area (Å²) in [5.41, 5.74) is 1.85. The van der Waals surface area contributed by atoms with E-state index in [4.69, 9.17) is 27.7 Å². The second-order valence-corrected chi connectivity index (χ2v) is 5.05. The molecule has 1 unspecified atom stereocenters. The van der Waals surface area contributed by atoms with Gasteiger partial charge < -0.3 is 9.84 Å². The van der Waals surface area contributed by atoms with Gasteiger partial charge in [0.05, 0.1) is 12.2 Å². The van der Waals surface area contributed by atoms with Crippen LogP contribution in [0.2, 0.25) is 10.0 Å². The average Bonchev–Trinajstić information content (AvgIpc) is 2.75. The molecule has 0 spiro atoms. The van der Waals surface area contributed by atoms with Crippen molar-refractivity contribution in [1.29, 1.82) is 0 Å². The third-order valence-corrected chi connectivity index (χ3v) is 3.26. The zero-order valence-electron chi connectivity index (χ0n) is 10.2. The predicted molar refractivity (Wildman–Crippen MR) is 73.0 cm³/mol. The Kier molecular flexibility index (Phi) is 4.27. The Morgan fingerprint density at radius 3 is 2.78 bits per heavy atom. The van der Waals surface area contributed by atoms with E-state index in [1.807, 2.05) is 26.0 Å². The SMILES string of the molecule is Cc1cc(CNC(C)c2cc(Cl)ccc2Cl)on1. The van der Waals surface area contributed by atoms with E-state index in [9.17, 15) is 0 Å². The quantitative estimate of drug-likeness (QED) is 0.917. The summed E-state index contributed by atoms with van der Waals surface area (Å²) in [6.07, 6.45) is 0. The number of aryl methyl sites for hydroxylation is 1. The fourth-order valence-electron chi connectivity index (χ4n) is 1.71. The molecule has 1 atom stereocenters. The van der Waals surface area contributed by atoms with Crippen LogP contribution in [-0.4, -0.2) is 5.16 Å². The lowest BCUT2D eigenvalue weighted by molar-refractivity contribution is 0.363. The number of benzene rings is 1. The van der Waals surface area contributed by atoms with Crippen LogP contribution in [0.1, 0.15) is 30.0 Å². The van der Waals surface area contributed by atoms with E-state index < -0.39 is 0 Å². The second-order valence-electron chi connectivity index (χ2n) is 4.20. The van der Waals surface area contributed by atoms with Crippen LogP contribution in [0.15, 0.2) is 28.8 Å². The minimum absolute atomic E-state index is 0.0848. The first-order valence-corrected chi connectivity index (χ1v) is 6.42. The fourth-order valence-corrected chi connectivity index (χ4v) is 2.17. The number of hydrogen-bond acceptors (Lipinski definition) is 3. The molecule has 0 aliphatic heterocycles. The average molecular weight is 285 g/mol. The van der Waals surface area contributed by atoms with Crippen molar-refractivity contribution < 1.29 is 4.52 Å². The highest BCUT2D eigenvalue weighted by Crippen LogP contribution is 2.26. The van der Waals surface area contributed by atoms with Gasteiger partial charge in [0.2, 0.25) is 0 Å². The topological polar surface area (TPSA) is 38.1 Å². The Bertz CT molecular complexity index is 540. The molecule has 18 heavy (non-hydrogen) atoms. The van der Waals surface area contributed by atoms with Gasteiger partial charge in [-0.3, -0.25) is 0 Å². The molecule has 5 heteroatoms. The summed E-state index contributed by atoms with van der Waals surface area (Å²) in [5, 5.41) is 8.54. The Balaban J connectivity index is 2.03. The fraction of sp³-hybridized carbons (Fsp3) is 0.308. The normalized spacial score (nSPS) is 12.7. The summed E-state index contributed by atoms with van der Waals surface area (Å²) in [6.45, 7) is 4.52. The molecule has 0 aliphatic carbocycles. The van der Waals surface area contributed by atoms with Crippen LogP contribution in [0.4, 0.5) is 0 Å². The minimum atomic E-state index is 0.0848. The number of aromatic nitrogens is 1. The molecule has 3 nitrogen and oxygen atoms in total. The van der Waals surface area contributed by atoms with E-state index in [0.29, 0.717) is 16.6 Å². The Hall–Kier alpha value is -1.03. The standard InChI is InChI=1S/C13H14Cl2N2O/c1-8-5-11(18-17-8)7-16-9(2)12-6-10(14)3-4-13(12)15/h3-6,9,16H,7H2,1-2H3. The van der Waals surface area contributed by atoms with Gasteiger partial charge in [-0.05, 0) is 37.6 Å². The van der Waals surface area contributed by atoms with Crippen LogP contribution in [0.25, 0.3) is 0 Å². The maximum Gasteiger partial charge on any atom is 0.150 e. The first-order chi connectivity index (χ1) is 8.56. The molecule has 1 aromatic carbocycles. The van der Waals surface area contributed by atoms with E-state index in [1.165, 1.54) is 0 Å². The van der Waals surface area contributed by atoms with Gasteiger partial charge >= 0.3 is 0 Å². The molecule has 0 aliphatic rings. The van der Waals surface area contributed by atoms with Gasteiger partial charge in [0.15, 0.2) is 5.76 Å². The molecule has 0 bridgehead atoms. The number of nitrogens with zero attached hydrogens (tertiary/aromatic N) is 1. The van der Waals surface area contributed by atoms with E-state index in [1.54, 1.807) is 12.1 Å². The van der Waals surface area contributed by atoms with Crippen LogP contribution in [0.3, 0.4) is 0 Å². The van der Waals surface area contributed by atoms with Crippen LogP contribution in [-0.2, 0) is 6.54 Å². The van der Waals surface area contributed by atoms with Gasteiger partial charge in [-0.15, -0.1) is 0 Å². The minimum Gasteiger partial charge on any atom is -0.360 e. The van der Waals surface area contributed by atoms with Gasteiger partial charge in [0.1, 0.15) is 0 Å². The Labute approximate surface area is 116 Å². The van der Waals surface area contributed by atoms with Crippen LogP contribution in [0, 0.1) is 6.92 Å². The number of nitrogens with one attached hydrogen (secondary N) is 1. The summed E-state index contributed by atoms with van der Waals surface area (Å²) in [4.78, 5) is 0. The van der Waals surface area contributed by atoms with Crippen molar-refractivity contribution in [3.8, 4) is 0 Å². The van der Waals surface area contributed by atoms with Crippen molar-refractivity contribution >= 4 is 23.2 Å². The van der Waals surface area contributed by atoms with Gasteiger partial charge in [0.25, 0.3) is 0 Å². The smallest absolute Gasteiger partial charge is 0.150 e. The maximum atomic E-state index is 6.14. The van der Waals surface area contributed by atoms with Gasteiger partial charge in [-0.1, -0.05) is 28.4 Å². The molecule has 0 saturated carbocycles. The summed E-state index contributed by atoms with van der Waals surface area (Å²) in [7, 11) is 0. The lowest BCUT2D eigenvalue weighted by Gasteiger charge is -2.15. The molecule has 1 heterocycles. The molecule has 0 saturated heterocycles. The maximum absolute atomic E-state index is 6.14. The number of hydrogen-bond donors (Lipinski definition) is 1. The molecule has 0 fully saturated rings.